The van der Waals surface area contributed by atoms with Crippen molar-refractivity contribution in [2.45, 2.75) is 13.3 Å². The molecule has 6 heteroatoms. The molecule has 120 valence electrons. The highest BCUT2D eigenvalue weighted by atomic mass is 35.5. The Morgan fingerprint density at radius 2 is 1.91 bits per heavy atom. The molecule has 0 atom stereocenters. The number of amides is 1. The van der Waals surface area contributed by atoms with Gasteiger partial charge in [0, 0.05) is 10.7 Å². The lowest BCUT2D eigenvalue weighted by Crippen LogP contribution is -2.13. The van der Waals surface area contributed by atoms with Crippen molar-refractivity contribution in [3.8, 4) is 0 Å². The van der Waals surface area contributed by atoms with Crippen LogP contribution < -0.4 is 5.32 Å². The summed E-state index contributed by atoms with van der Waals surface area (Å²) < 4.78 is 5.07. The van der Waals surface area contributed by atoms with Crippen molar-refractivity contribution in [3.05, 3.63) is 63.6 Å². The summed E-state index contributed by atoms with van der Waals surface area (Å²) in [4.78, 5) is 24.1. The third kappa shape index (κ3) is 4.71. The Labute approximate surface area is 144 Å². The standard InChI is InChI=1S/C17H15Cl2NO3/c1-2-8-23-17(22)11-4-3-5-13(9-11)20-16(21)14-7-6-12(18)10-15(14)19/h3-7,9-10H,2,8H2,1H3,(H,20,21). The Hall–Kier alpha value is -2.04. The molecule has 0 fully saturated rings. The quantitative estimate of drug-likeness (QED) is 0.786. The van der Waals surface area contributed by atoms with Gasteiger partial charge in [0.2, 0.25) is 0 Å². The van der Waals surface area contributed by atoms with Gasteiger partial charge in [0.25, 0.3) is 5.91 Å². The molecule has 0 aromatic heterocycles. The Morgan fingerprint density at radius 3 is 2.61 bits per heavy atom. The molecule has 0 aliphatic rings. The molecule has 4 nitrogen and oxygen atoms in total. The van der Waals surface area contributed by atoms with E-state index in [1.165, 1.54) is 6.07 Å². The van der Waals surface area contributed by atoms with Gasteiger partial charge in [-0.05, 0) is 42.8 Å². The average molecular weight is 352 g/mol. The number of carbonyl (C=O) groups is 2. The maximum absolute atomic E-state index is 12.2. The lowest BCUT2D eigenvalue weighted by Gasteiger charge is -2.09. The number of halogens is 2. The van der Waals surface area contributed by atoms with Gasteiger partial charge in [0.15, 0.2) is 0 Å². The zero-order valence-electron chi connectivity index (χ0n) is 12.4. The van der Waals surface area contributed by atoms with Crippen LogP contribution in [-0.4, -0.2) is 18.5 Å². The van der Waals surface area contributed by atoms with Crippen LogP contribution in [0.2, 0.25) is 10.0 Å². The van der Waals surface area contributed by atoms with Crippen LogP contribution >= 0.6 is 23.2 Å². The number of anilines is 1. The maximum Gasteiger partial charge on any atom is 0.338 e. The first-order valence-corrected chi connectivity index (χ1v) is 7.80. The molecule has 0 saturated heterocycles. The van der Waals surface area contributed by atoms with Crippen LogP contribution in [0.4, 0.5) is 5.69 Å². The Morgan fingerprint density at radius 1 is 1.13 bits per heavy atom. The molecular weight excluding hydrogens is 337 g/mol. The fourth-order valence-electron chi connectivity index (χ4n) is 1.87. The minimum absolute atomic E-state index is 0.258. The van der Waals surface area contributed by atoms with Gasteiger partial charge in [-0.2, -0.15) is 0 Å². The largest absolute Gasteiger partial charge is 0.462 e. The third-order valence-corrected chi connectivity index (χ3v) is 3.52. The van der Waals surface area contributed by atoms with Crippen molar-refractivity contribution >= 4 is 40.8 Å². The van der Waals surface area contributed by atoms with E-state index in [2.05, 4.69) is 5.32 Å². The smallest absolute Gasteiger partial charge is 0.338 e. The van der Waals surface area contributed by atoms with Crippen LogP contribution in [0.25, 0.3) is 0 Å². The molecule has 2 rings (SSSR count). The number of hydrogen-bond acceptors (Lipinski definition) is 3. The summed E-state index contributed by atoms with van der Waals surface area (Å²) in [6, 6.07) is 11.2. The van der Waals surface area contributed by atoms with Gasteiger partial charge in [-0.1, -0.05) is 36.2 Å². The van der Waals surface area contributed by atoms with Crippen LogP contribution in [0.3, 0.4) is 0 Å². The molecule has 0 aliphatic heterocycles. The second kappa shape index (κ2) is 7.99. The van der Waals surface area contributed by atoms with Gasteiger partial charge in [-0.25, -0.2) is 4.79 Å². The van der Waals surface area contributed by atoms with Crippen molar-refractivity contribution in [3.63, 3.8) is 0 Å². The summed E-state index contributed by atoms with van der Waals surface area (Å²) in [5.74, 6) is -0.807. The van der Waals surface area contributed by atoms with E-state index in [-0.39, 0.29) is 10.9 Å². The molecule has 1 amide bonds. The van der Waals surface area contributed by atoms with Gasteiger partial charge < -0.3 is 10.1 Å². The highest BCUT2D eigenvalue weighted by molar-refractivity contribution is 6.37. The van der Waals surface area contributed by atoms with Crippen molar-refractivity contribution in [2.75, 3.05) is 11.9 Å². The van der Waals surface area contributed by atoms with E-state index in [1.54, 1.807) is 36.4 Å². The Balaban J connectivity index is 2.13. The Kier molecular flexibility index (Phi) is 6.02. The summed E-state index contributed by atoms with van der Waals surface area (Å²) >= 11 is 11.8. The van der Waals surface area contributed by atoms with Crippen molar-refractivity contribution < 1.29 is 14.3 Å². The van der Waals surface area contributed by atoms with Gasteiger partial charge in [0.1, 0.15) is 0 Å². The fraction of sp³-hybridized carbons (Fsp3) is 0.176. The highest BCUT2D eigenvalue weighted by Gasteiger charge is 2.13. The van der Waals surface area contributed by atoms with Crippen molar-refractivity contribution in [2.24, 2.45) is 0 Å². The monoisotopic (exact) mass is 351 g/mol. The number of hydrogen-bond donors (Lipinski definition) is 1. The van der Waals surface area contributed by atoms with Gasteiger partial charge >= 0.3 is 5.97 Å². The molecular formula is C17H15Cl2NO3. The summed E-state index contributed by atoms with van der Waals surface area (Å²) in [5.41, 5.74) is 1.15. The molecule has 0 unspecified atom stereocenters. The SMILES string of the molecule is CCCOC(=O)c1cccc(NC(=O)c2ccc(Cl)cc2Cl)c1. The number of esters is 1. The molecule has 0 saturated carbocycles. The minimum atomic E-state index is -0.424. The average Bonchev–Trinajstić information content (AvgIpc) is 2.52. The molecule has 0 aliphatic carbocycles. The van der Waals surface area contributed by atoms with Gasteiger partial charge in [-0.3, -0.25) is 4.79 Å². The summed E-state index contributed by atoms with van der Waals surface area (Å²) in [6.45, 7) is 2.27. The first-order valence-electron chi connectivity index (χ1n) is 7.05. The van der Waals surface area contributed by atoms with Gasteiger partial charge in [0.05, 0.1) is 22.8 Å². The fourth-order valence-corrected chi connectivity index (χ4v) is 2.37. The van der Waals surface area contributed by atoms with E-state index in [4.69, 9.17) is 27.9 Å². The molecule has 0 bridgehead atoms. The van der Waals surface area contributed by atoms with E-state index >= 15 is 0 Å². The van der Waals surface area contributed by atoms with Crippen molar-refractivity contribution in [1.82, 2.24) is 0 Å². The van der Waals surface area contributed by atoms with Gasteiger partial charge in [-0.15, -0.1) is 0 Å². The lowest BCUT2D eigenvalue weighted by atomic mass is 10.1. The number of ether oxygens (including phenoxy) is 1. The molecule has 1 N–H and O–H groups in total. The molecule has 23 heavy (non-hydrogen) atoms. The minimum Gasteiger partial charge on any atom is -0.462 e. The van der Waals surface area contributed by atoms with Crippen LogP contribution in [-0.2, 0) is 4.74 Å². The van der Waals surface area contributed by atoms with E-state index in [9.17, 15) is 9.59 Å². The first-order chi connectivity index (χ1) is 11.0. The van der Waals surface area contributed by atoms with Crippen LogP contribution in [0.5, 0.6) is 0 Å². The van der Waals surface area contributed by atoms with E-state index in [1.807, 2.05) is 6.92 Å². The number of rotatable bonds is 5. The van der Waals surface area contributed by atoms with Crippen LogP contribution in [0.1, 0.15) is 34.1 Å². The predicted octanol–water partition coefficient (Wildman–Crippen LogP) is 4.81. The normalized spacial score (nSPS) is 10.2. The molecule has 0 heterocycles. The summed E-state index contributed by atoms with van der Waals surface area (Å²) in [7, 11) is 0. The number of benzene rings is 2. The third-order valence-electron chi connectivity index (χ3n) is 2.97. The van der Waals surface area contributed by atoms with Crippen molar-refractivity contribution in [1.29, 1.82) is 0 Å². The molecule has 2 aromatic carbocycles. The highest BCUT2D eigenvalue weighted by Crippen LogP contribution is 2.22. The maximum atomic E-state index is 12.2. The van der Waals surface area contributed by atoms with Crippen LogP contribution in [0, 0.1) is 0 Å². The van der Waals surface area contributed by atoms with E-state index in [0.717, 1.165) is 6.42 Å². The second-order valence-corrected chi connectivity index (χ2v) is 5.64. The molecule has 0 radical (unpaired) electrons. The second-order valence-electron chi connectivity index (χ2n) is 4.80. The Bertz CT molecular complexity index is 732. The molecule has 2 aromatic rings. The van der Waals surface area contributed by atoms with Crippen LogP contribution in [0.15, 0.2) is 42.5 Å². The van der Waals surface area contributed by atoms with E-state index in [0.29, 0.717) is 28.4 Å². The predicted molar refractivity (Wildman–Crippen MR) is 91.4 cm³/mol. The lowest BCUT2D eigenvalue weighted by molar-refractivity contribution is 0.0505. The van der Waals surface area contributed by atoms with E-state index < -0.39 is 5.97 Å². The first kappa shape index (κ1) is 17.3. The molecule has 0 spiro atoms. The number of nitrogens with one attached hydrogen (secondary N) is 1. The summed E-state index contributed by atoms with van der Waals surface area (Å²) in [5, 5.41) is 3.40. The zero-order chi connectivity index (χ0) is 16.8. The zero-order valence-corrected chi connectivity index (χ0v) is 13.9. The summed E-state index contributed by atoms with van der Waals surface area (Å²) in [6.07, 6.45) is 0.747. The topological polar surface area (TPSA) is 55.4 Å². The number of carbonyl (C=O) groups excluding carboxylic acids is 2.